The number of rotatable bonds is 9. The van der Waals surface area contributed by atoms with E-state index in [1.165, 1.54) is 5.56 Å². The van der Waals surface area contributed by atoms with Gasteiger partial charge in [-0.3, -0.25) is 9.59 Å². The highest BCUT2D eigenvalue weighted by atomic mass is 32.2. The number of nitrogens with two attached hydrogens (primary N) is 1. The number of ketones is 1. The van der Waals surface area contributed by atoms with Crippen LogP contribution < -0.4 is 11.1 Å². The molecule has 0 spiro atoms. The van der Waals surface area contributed by atoms with Crippen LogP contribution in [0.5, 0.6) is 0 Å². The van der Waals surface area contributed by atoms with Gasteiger partial charge >= 0.3 is 0 Å². The molecule has 0 aliphatic rings. The first kappa shape index (κ1) is 20.2. The van der Waals surface area contributed by atoms with Gasteiger partial charge in [-0.1, -0.05) is 44.2 Å². The first-order chi connectivity index (χ1) is 12.5. The highest BCUT2D eigenvalue weighted by Gasteiger charge is 2.11. The highest BCUT2D eigenvalue weighted by molar-refractivity contribution is 7.99. The second-order valence-corrected chi connectivity index (χ2v) is 7.27. The standard InChI is InChI=1S/C21H26N2O2S/c1-3-19(22)21(25)23-17-6-5-7-18(14-17)26-13-12-15-8-10-16(11-9-15)20(24)4-2/h5-11,14,19H,3-4,12-13,22H2,1-2H3,(H,23,25). The van der Waals surface area contributed by atoms with Crippen molar-refractivity contribution in [3.63, 3.8) is 0 Å². The third-order valence-electron chi connectivity index (χ3n) is 4.13. The molecular formula is C21H26N2O2S. The second kappa shape index (κ2) is 10.1. The molecule has 0 aliphatic heterocycles. The molecule has 0 radical (unpaired) electrons. The lowest BCUT2D eigenvalue weighted by Crippen LogP contribution is -2.34. The predicted molar refractivity (Wildman–Crippen MR) is 109 cm³/mol. The fourth-order valence-corrected chi connectivity index (χ4v) is 3.39. The summed E-state index contributed by atoms with van der Waals surface area (Å²) in [5.74, 6) is 0.941. The minimum Gasteiger partial charge on any atom is -0.325 e. The molecule has 2 aromatic rings. The lowest BCUT2D eigenvalue weighted by Gasteiger charge is -2.11. The fraction of sp³-hybridized carbons (Fsp3) is 0.333. The van der Waals surface area contributed by atoms with Crippen molar-refractivity contribution in [2.45, 2.75) is 44.0 Å². The summed E-state index contributed by atoms with van der Waals surface area (Å²) in [4.78, 5) is 24.6. The number of hydrogen-bond donors (Lipinski definition) is 2. The molecule has 0 saturated heterocycles. The Balaban J connectivity index is 1.87. The Morgan fingerprint density at radius 1 is 1.12 bits per heavy atom. The zero-order chi connectivity index (χ0) is 18.9. The number of aryl methyl sites for hydroxylation is 1. The number of nitrogens with one attached hydrogen (secondary N) is 1. The van der Waals surface area contributed by atoms with Crippen molar-refractivity contribution in [1.82, 2.24) is 0 Å². The number of thioether (sulfide) groups is 1. The minimum absolute atomic E-state index is 0.156. The van der Waals surface area contributed by atoms with E-state index in [2.05, 4.69) is 5.32 Å². The Hall–Kier alpha value is -2.11. The molecule has 0 heterocycles. The maximum Gasteiger partial charge on any atom is 0.241 e. The van der Waals surface area contributed by atoms with Crippen molar-refractivity contribution in [2.75, 3.05) is 11.1 Å². The summed E-state index contributed by atoms with van der Waals surface area (Å²) in [7, 11) is 0. The van der Waals surface area contributed by atoms with Gasteiger partial charge in [-0.05, 0) is 36.6 Å². The van der Waals surface area contributed by atoms with E-state index < -0.39 is 6.04 Å². The van der Waals surface area contributed by atoms with Crippen LogP contribution in [0.3, 0.4) is 0 Å². The van der Waals surface area contributed by atoms with Gasteiger partial charge in [0, 0.05) is 28.3 Å². The summed E-state index contributed by atoms with van der Waals surface area (Å²) in [5.41, 5.74) is 8.50. The number of anilines is 1. The van der Waals surface area contributed by atoms with Crippen LogP contribution in [-0.4, -0.2) is 23.5 Å². The van der Waals surface area contributed by atoms with E-state index in [1.54, 1.807) is 11.8 Å². The van der Waals surface area contributed by atoms with Crippen molar-refractivity contribution >= 4 is 29.1 Å². The number of hydrogen-bond acceptors (Lipinski definition) is 4. The zero-order valence-corrected chi connectivity index (χ0v) is 16.1. The van der Waals surface area contributed by atoms with E-state index in [0.29, 0.717) is 12.8 Å². The molecule has 4 nitrogen and oxygen atoms in total. The summed E-state index contributed by atoms with van der Waals surface area (Å²) < 4.78 is 0. The normalized spacial score (nSPS) is 11.8. The molecule has 3 N–H and O–H groups in total. The van der Waals surface area contributed by atoms with Gasteiger partial charge in [0.05, 0.1) is 6.04 Å². The van der Waals surface area contributed by atoms with Crippen molar-refractivity contribution in [3.05, 3.63) is 59.7 Å². The maximum absolute atomic E-state index is 11.9. The van der Waals surface area contributed by atoms with E-state index in [4.69, 9.17) is 5.73 Å². The minimum atomic E-state index is -0.478. The van der Waals surface area contributed by atoms with Gasteiger partial charge in [0.25, 0.3) is 0 Å². The Labute approximate surface area is 159 Å². The number of carbonyl (C=O) groups excluding carboxylic acids is 2. The molecule has 0 fully saturated rings. The van der Waals surface area contributed by atoms with Gasteiger partial charge in [-0.25, -0.2) is 0 Å². The Morgan fingerprint density at radius 2 is 1.85 bits per heavy atom. The van der Waals surface area contributed by atoms with Crippen molar-refractivity contribution in [3.8, 4) is 0 Å². The number of Topliss-reactive ketones (excluding diaryl/α,β-unsaturated/α-hetero) is 1. The third kappa shape index (κ3) is 6.00. The maximum atomic E-state index is 11.9. The van der Waals surface area contributed by atoms with Crippen molar-refractivity contribution in [2.24, 2.45) is 5.73 Å². The van der Waals surface area contributed by atoms with Crippen LogP contribution in [-0.2, 0) is 11.2 Å². The average molecular weight is 371 g/mol. The van der Waals surface area contributed by atoms with E-state index in [0.717, 1.165) is 28.3 Å². The molecule has 0 bridgehead atoms. The van der Waals surface area contributed by atoms with Crippen LogP contribution >= 0.6 is 11.8 Å². The molecule has 5 heteroatoms. The molecular weight excluding hydrogens is 344 g/mol. The van der Waals surface area contributed by atoms with Gasteiger partial charge in [0.1, 0.15) is 0 Å². The topological polar surface area (TPSA) is 72.2 Å². The monoisotopic (exact) mass is 370 g/mol. The summed E-state index contributed by atoms with van der Waals surface area (Å²) in [6.07, 6.45) is 2.07. The molecule has 0 saturated carbocycles. The predicted octanol–water partition coefficient (Wildman–Crippen LogP) is 4.29. The molecule has 2 aromatic carbocycles. The van der Waals surface area contributed by atoms with Crippen molar-refractivity contribution < 1.29 is 9.59 Å². The Kier molecular flexibility index (Phi) is 7.88. The molecule has 26 heavy (non-hydrogen) atoms. The number of amides is 1. The lowest BCUT2D eigenvalue weighted by molar-refractivity contribution is -0.117. The summed E-state index contributed by atoms with van der Waals surface area (Å²) in [5, 5.41) is 2.85. The fourth-order valence-electron chi connectivity index (χ4n) is 2.43. The number of benzene rings is 2. The molecule has 2 rings (SSSR count). The summed E-state index contributed by atoms with van der Waals surface area (Å²) in [6.45, 7) is 3.76. The van der Waals surface area contributed by atoms with E-state index in [1.807, 2.05) is 62.4 Å². The van der Waals surface area contributed by atoms with Crippen LogP contribution in [0.2, 0.25) is 0 Å². The first-order valence-electron chi connectivity index (χ1n) is 8.95. The van der Waals surface area contributed by atoms with Gasteiger partial charge in [-0.2, -0.15) is 0 Å². The van der Waals surface area contributed by atoms with Gasteiger partial charge in [0.15, 0.2) is 5.78 Å². The first-order valence-corrected chi connectivity index (χ1v) is 9.93. The van der Waals surface area contributed by atoms with Crippen LogP contribution in [0, 0.1) is 0 Å². The third-order valence-corrected chi connectivity index (χ3v) is 5.13. The molecule has 0 aliphatic carbocycles. The molecule has 138 valence electrons. The Morgan fingerprint density at radius 3 is 2.50 bits per heavy atom. The van der Waals surface area contributed by atoms with Crippen LogP contribution in [0.1, 0.15) is 42.6 Å². The van der Waals surface area contributed by atoms with Gasteiger partial charge < -0.3 is 11.1 Å². The van der Waals surface area contributed by atoms with E-state index in [9.17, 15) is 9.59 Å². The SMILES string of the molecule is CCC(=O)c1ccc(CCSc2cccc(NC(=O)C(N)CC)c2)cc1. The molecule has 1 atom stereocenters. The van der Waals surface area contributed by atoms with E-state index in [-0.39, 0.29) is 11.7 Å². The lowest BCUT2D eigenvalue weighted by atomic mass is 10.1. The van der Waals surface area contributed by atoms with Gasteiger partial charge in [0.2, 0.25) is 5.91 Å². The average Bonchev–Trinajstić information content (AvgIpc) is 2.67. The zero-order valence-electron chi connectivity index (χ0n) is 15.3. The number of carbonyl (C=O) groups is 2. The van der Waals surface area contributed by atoms with E-state index >= 15 is 0 Å². The van der Waals surface area contributed by atoms with Crippen LogP contribution in [0.4, 0.5) is 5.69 Å². The quantitative estimate of drug-likeness (QED) is 0.510. The Bertz CT molecular complexity index is 744. The smallest absolute Gasteiger partial charge is 0.241 e. The molecule has 1 unspecified atom stereocenters. The molecule has 1 amide bonds. The second-order valence-electron chi connectivity index (χ2n) is 6.10. The van der Waals surface area contributed by atoms with Crippen molar-refractivity contribution in [1.29, 1.82) is 0 Å². The largest absolute Gasteiger partial charge is 0.325 e. The highest BCUT2D eigenvalue weighted by Crippen LogP contribution is 2.23. The van der Waals surface area contributed by atoms with Crippen LogP contribution in [0.15, 0.2) is 53.4 Å². The van der Waals surface area contributed by atoms with Gasteiger partial charge in [-0.15, -0.1) is 11.8 Å². The summed E-state index contributed by atoms with van der Waals surface area (Å²) >= 11 is 1.74. The molecule has 0 aromatic heterocycles. The summed E-state index contributed by atoms with van der Waals surface area (Å²) in [6, 6.07) is 15.2. The van der Waals surface area contributed by atoms with Crippen LogP contribution in [0.25, 0.3) is 0 Å².